The Hall–Kier alpha value is -0.750. The van der Waals surface area contributed by atoms with Crippen LogP contribution in [-0.2, 0) is 0 Å². The number of aromatic nitrogens is 1. The minimum absolute atomic E-state index is 0. The lowest BCUT2D eigenvalue weighted by molar-refractivity contribution is 0.102. The van der Waals surface area contributed by atoms with Crippen molar-refractivity contribution in [3.63, 3.8) is 0 Å². The second-order valence-electron chi connectivity index (χ2n) is 7.15. The van der Waals surface area contributed by atoms with Crippen molar-refractivity contribution in [1.29, 1.82) is 0 Å². The maximum Gasteiger partial charge on any atom is 0.204 e. The molecule has 2 fully saturated rings. The number of hydrogen-bond acceptors (Lipinski definition) is 5. The average Bonchev–Trinajstić information content (AvgIpc) is 2.93. The Kier molecular flexibility index (Phi) is 4.57. The van der Waals surface area contributed by atoms with Gasteiger partial charge in [-0.3, -0.25) is 10.2 Å². The molecule has 2 bridgehead atoms. The first-order valence-corrected chi connectivity index (χ1v) is 8.39. The van der Waals surface area contributed by atoms with Gasteiger partial charge in [0, 0.05) is 18.1 Å². The average molecular weight is 386 g/mol. The highest BCUT2D eigenvalue weighted by Crippen LogP contribution is 2.63. The Morgan fingerprint density at radius 3 is 2.55 bits per heavy atom. The van der Waals surface area contributed by atoms with Crippen molar-refractivity contribution in [3.8, 4) is 0 Å². The molecule has 1 aromatic rings. The summed E-state index contributed by atoms with van der Waals surface area (Å²) in [6, 6.07) is 0. The van der Waals surface area contributed by atoms with Crippen LogP contribution in [0.25, 0.3) is 0 Å². The molecule has 2 atom stereocenters. The van der Waals surface area contributed by atoms with Crippen molar-refractivity contribution >= 4 is 44.9 Å². The summed E-state index contributed by atoms with van der Waals surface area (Å²) < 4.78 is 0. The standard InChI is InChI=1S/C16H23N3OS.BrH/c1-9-13(10(2)20)21-14(17-9)19-18-12-8-11-6-7-16(12,5)15(11,3)4;/h11H,6-8H2,1-5H3,(H,17,19);1H. The number of Topliss-reactive ketones (excluding diaryl/α,β-unsaturated/α-hetero) is 1. The fourth-order valence-corrected chi connectivity index (χ4v) is 4.79. The van der Waals surface area contributed by atoms with Crippen molar-refractivity contribution in [2.75, 3.05) is 5.43 Å². The molecule has 0 amide bonds. The predicted molar refractivity (Wildman–Crippen MR) is 97.5 cm³/mol. The molecule has 2 saturated carbocycles. The molecule has 122 valence electrons. The molecule has 3 rings (SSSR count). The van der Waals surface area contributed by atoms with E-state index in [0.717, 1.165) is 28.0 Å². The lowest BCUT2D eigenvalue weighted by Gasteiger charge is -2.34. The number of carbonyl (C=O) groups is 1. The fourth-order valence-electron chi connectivity index (χ4n) is 3.98. The van der Waals surface area contributed by atoms with E-state index >= 15 is 0 Å². The molecule has 0 spiro atoms. The monoisotopic (exact) mass is 385 g/mol. The Balaban J connectivity index is 0.00000176. The number of anilines is 1. The summed E-state index contributed by atoms with van der Waals surface area (Å²) in [5, 5.41) is 5.38. The molecule has 1 aromatic heterocycles. The van der Waals surface area contributed by atoms with Crippen molar-refractivity contribution in [2.24, 2.45) is 21.8 Å². The predicted octanol–water partition coefficient (Wildman–Crippen LogP) is 4.85. The van der Waals surface area contributed by atoms with E-state index in [0.29, 0.717) is 5.41 Å². The Bertz CT molecular complexity index is 637. The van der Waals surface area contributed by atoms with Crippen LogP contribution in [0.2, 0.25) is 0 Å². The van der Waals surface area contributed by atoms with E-state index in [1.165, 1.54) is 29.9 Å². The Labute approximate surface area is 146 Å². The second kappa shape index (κ2) is 5.71. The number of fused-ring (bicyclic) bond motifs is 2. The van der Waals surface area contributed by atoms with E-state index < -0.39 is 0 Å². The van der Waals surface area contributed by atoms with Gasteiger partial charge in [0.05, 0.1) is 10.6 Å². The van der Waals surface area contributed by atoms with Gasteiger partial charge in [-0.2, -0.15) is 5.10 Å². The highest BCUT2D eigenvalue weighted by atomic mass is 79.9. The van der Waals surface area contributed by atoms with Crippen LogP contribution < -0.4 is 5.43 Å². The van der Waals surface area contributed by atoms with Crippen LogP contribution >= 0.6 is 28.3 Å². The SMILES string of the molecule is Br.CC(=O)c1sc(NN=C2CC3CCC2(C)C3(C)C)nc1C. The van der Waals surface area contributed by atoms with Crippen LogP contribution in [0.4, 0.5) is 5.13 Å². The maximum atomic E-state index is 11.5. The van der Waals surface area contributed by atoms with Gasteiger partial charge < -0.3 is 0 Å². The van der Waals surface area contributed by atoms with Crippen LogP contribution in [-0.4, -0.2) is 16.5 Å². The van der Waals surface area contributed by atoms with E-state index in [-0.39, 0.29) is 28.2 Å². The largest absolute Gasteiger partial charge is 0.294 e. The zero-order chi connectivity index (χ0) is 15.4. The van der Waals surface area contributed by atoms with E-state index in [9.17, 15) is 4.79 Å². The third kappa shape index (κ3) is 2.44. The van der Waals surface area contributed by atoms with Gasteiger partial charge in [0.1, 0.15) is 0 Å². The smallest absolute Gasteiger partial charge is 0.204 e. The fraction of sp³-hybridized carbons (Fsp3) is 0.688. The maximum absolute atomic E-state index is 11.5. The molecule has 2 aliphatic carbocycles. The summed E-state index contributed by atoms with van der Waals surface area (Å²) in [5.74, 6) is 0.813. The molecule has 0 aromatic carbocycles. The van der Waals surface area contributed by atoms with E-state index in [4.69, 9.17) is 0 Å². The van der Waals surface area contributed by atoms with Gasteiger partial charge in [0.25, 0.3) is 0 Å². The third-order valence-electron chi connectivity index (χ3n) is 5.92. The molecule has 0 aliphatic heterocycles. The minimum atomic E-state index is 0. The molecule has 22 heavy (non-hydrogen) atoms. The van der Waals surface area contributed by atoms with Gasteiger partial charge >= 0.3 is 0 Å². The van der Waals surface area contributed by atoms with Crippen LogP contribution in [0, 0.1) is 23.7 Å². The van der Waals surface area contributed by atoms with Gasteiger partial charge in [0.2, 0.25) is 5.13 Å². The minimum Gasteiger partial charge on any atom is -0.294 e. The zero-order valence-electron chi connectivity index (χ0n) is 13.8. The van der Waals surface area contributed by atoms with E-state index in [1.54, 1.807) is 6.92 Å². The quantitative estimate of drug-likeness (QED) is 0.597. The summed E-state index contributed by atoms with van der Waals surface area (Å²) in [4.78, 5) is 16.6. The number of aryl methyl sites for hydroxylation is 1. The molecular formula is C16H24BrN3OS. The summed E-state index contributed by atoms with van der Waals surface area (Å²) in [6.07, 6.45) is 3.62. The normalized spacial score (nSPS) is 30.4. The molecular weight excluding hydrogens is 362 g/mol. The number of rotatable bonds is 3. The van der Waals surface area contributed by atoms with E-state index in [1.807, 2.05) is 6.92 Å². The molecule has 0 saturated heterocycles. The van der Waals surface area contributed by atoms with Crippen molar-refractivity contribution in [1.82, 2.24) is 4.98 Å². The van der Waals surface area contributed by atoms with Gasteiger partial charge in [-0.15, -0.1) is 17.0 Å². The third-order valence-corrected chi connectivity index (χ3v) is 7.08. The number of halogens is 1. The number of nitrogens with one attached hydrogen (secondary N) is 1. The lowest BCUT2D eigenvalue weighted by Crippen LogP contribution is -2.32. The lowest BCUT2D eigenvalue weighted by atomic mass is 9.70. The van der Waals surface area contributed by atoms with E-state index in [2.05, 4.69) is 36.3 Å². The highest BCUT2D eigenvalue weighted by Gasteiger charge is 2.59. The summed E-state index contributed by atoms with van der Waals surface area (Å²) in [6.45, 7) is 10.5. The second-order valence-corrected chi connectivity index (χ2v) is 8.15. The highest BCUT2D eigenvalue weighted by molar-refractivity contribution is 8.93. The van der Waals surface area contributed by atoms with Gasteiger partial charge in [-0.25, -0.2) is 4.98 Å². The van der Waals surface area contributed by atoms with Gasteiger partial charge in [-0.1, -0.05) is 32.1 Å². The number of thiazole rings is 1. The Morgan fingerprint density at radius 1 is 1.41 bits per heavy atom. The topological polar surface area (TPSA) is 54.4 Å². The number of carbonyl (C=O) groups excluding carboxylic acids is 1. The molecule has 2 unspecified atom stereocenters. The summed E-state index contributed by atoms with van der Waals surface area (Å²) in [7, 11) is 0. The molecule has 0 radical (unpaired) electrons. The number of ketones is 1. The van der Waals surface area contributed by atoms with Crippen LogP contribution in [0.1, 0.15) is 62.3 Å². The molecule has 1 heterocycles. The van der Waals surface area contributed by atoms with Crippen molar-refractivity contribution in [3.05, 3.63) is 10.6 Å². The number of nitrogens with zero attached hydrogens (tertiary/aromatic N) is 2. The molecule has 4 nitrogen and oxygen atoms in total. The van der Waals surface area contributed by atoms with Gasteiger partial charge in [0.15, 0.2) is 5.78 Å². The molecule has 1 N–H and O–H groups in total. The first-order chi connectivity index (χ1) is 9.75. The number of hydrogen-bond donors (Lipinski definition) is 1. The summed E-state index contributed by atoms with van der Waals surface area (Å²) in [5.41, 5.74) is 5.67. The van der Waals surface area contributed by atoms with Crippen molar-refractivity contribution < 1.29 is 4.79 Å². The Morgan fingerprint density at radius 2 is 2.09 bits per heavy atom. The summed E-state index contributed by atoms with van der Waals surface area (Å²) >= 11 is 1.39. The van der Waals surface area contributed by atoms with Crippen LogP contribution in [0.5, 0.6) is 0 Å². The molecule has 2 aliphatic rings. The number of hydrazone groups is 1. The first-order valence-electron chi connectivity index (χ1n) is 7.57. The zero-order valence-corrected chi connectivity index (χ0v) is 16.3. The van der Waals surface area contributed by atoms with Crippen LogP contribution in [0.3, 0.4) is 0 Å². The first kappa shape index (κ1) is 17.6. The van der Waals surface area contributed by atoms with Gasteiger partial charge in [-0.05, 0) is 37.5 Å². The van der Waals surface area contributed by atoms with Crippen LogP contribution in [0.15, 0.2) is 5.10 Å². The molecule has 6 heteroatoms. The van der Waals surface area contributed by atoms with Crippen molar-refractivity contribution in [2.45, 2.75) is 53.9 Å².